The monoisotopic (exact) mass is 261 g/mol. The molecule has 0 aromatic heterocycles. The van der Waals surface area contributed by atoms with Crippen LogP contribution in [0, 0.1) is 0 Å². The minimum absolute atomic E-state index is 0.210. The van der Waals surface area contributed by atoms with Gasteiger partial charge in [-0.2, -0.15) is 0 Å². The predicted molar refractivity (Wildman–Crippen MR) is 60.4 cm³/mol. The number of benzene rings is 1. The molecule has 0 aliphatic rings. The minimum Gasteiger partial charge on any atom is -0.406 e. The largest absolute Gasteiger partial charge is 0.573 e. The molecule has 0 heterocycles. The van der Waals surface area contributed by atoms with Crippen molar-refractivity contribution in [2.45, 2.75) is 20.2 Å². The zero-order valence-corrected chi connectivity index (χ0v) is 10.1. The molecule has 1 rings (SSSR count). The molecule has 1 amide bonds. The van der Waals surface area contributed by atoms with Crippen molar-refractivity contribution in [3.63, 3.8) is 0 Å². The molecule has 0 radical (unpaired) electrons. The van der Waals surface area contributed by atoms with Gasteiger partial charge in [-0.3, -0.25) is 4.79 Å². The zero-order chi connectivity index (χ0) is 13.8. The number of rotatable bonds is 4. The van der Waals surface area contributed by atoms with Crippen molar-refractivity contribution in [3.05, 3.63) is 29.8 Å². The van der Waals surface area contributed by atoms with Gasteiger partial charge in [-0.1, -0.05) is 0 Å². The van der Waals surface area contributed by atoms with E-state index < -0.39 is 6.36 Å². The Morgan fingerprint density at radius 3 is 2.06 bits per heavy atom. The van der Waals surface area contributed by atoms with Crippen LogP contribution in [0.15, 0.2) is 24.3 Å². The summed E-state index contributed by atoms with van der Waals surface area (Å²) in [5.74, 6) is -0.544. The second-order valence-corrected chi connectivity index (χ2v) is 3.55. The van der Waals surface area contributed by atoms with Gasteiger partial charge in [0.25, 0.3) is 5.91 Å². The van der Waals surface area contributed by atoms with E-state index in [1.165, 1.54) is 12.1 Å². The fourth-order valence-electron chi connectivity index (χ4n) is 1.49. The first-order chi connectivity index (χ1) is 8.37. The molecule has 0 saturated heterocycles. The number of hydrogen-bond acceptors (Lipinski definition) is 2. The standard InChI is InChI=1S/C12H14F3NO2/c1-3-16(4-2)11(17)9-5-7-10(8-6-9)18-12(13,14)15/h5-8H,3-4H2,1-2H3. The van der Waals surface area contributed by atoms with Crippen LogP contribution in [0.25, 0.3) is 0 Å². The lowest BCUT2D eigenvalue weighted by atomic mass is 10.2. The highest BCUT2D eigenvalue weighted by molar-refractivity contribution is 5.94. The molecular formula is C12H14F3NO2. The van der Waals surface area contributed by atoms with E-state index in [0.717, 1.165) is 12.1 Å². The van der Waals surface area contributed by atoms with Crippen LogP contribution in [0.4, 0.5) is 13.2 Å². The van der Waals surface area contributed by atoms with Crippen molar-refractivity contribution in [2.24, 2.45) is 0 Å². The summed E-state index contributed by atoms with van der Waals surface area (Å²) >= 11 is 0. The second kappa shape index (κ2) is 5.75. The lowest BCUT2D eigenvalue weighted by Crippen LogP contribution is -2.30. The highest BCUT2D eigenvalue weighted by atomic mass is 19.4. The van der Waals surface area contributed by atoms with E-state index in [9.17, 15) is 18.0 Å². The van der Waals surface area contributed by atoms with Crippen LogP contribution in [0.5, 0.6) is 5.75 Å². The van der Waals surface area contributed by atoms with Crippen molar-refractivity contribution >= 4 is 5.91 Å². The van der Waals surface area contributed by atoms with Gasteiger partial charge in [0.2, 0.25) is 0 Å². The Hall–Kier alpha value is -1.72. The summed E-state index contributed by atoms with van der Waals surface area (Å²) in [7, 11) is 0. The van der Waals surface area contributed by atoms with Crippen molar-refractivity contribution in [1.29, 1.82) is 0 Å². The molecule has 1 aromatic rings. The molecule has 100 valence electrons. The van der Waals surface area contributed by atoms with Gasteiger partial charge in [0.05, 0.1) is 0 Å². The molecule has 6 heteroatoms. The Balaban J connectivity index is 2.79. The first-order valence-corrected chi connectivity index (χ1v) is 5.52. The van der Waals surface area contributed by atoms with Crippen LogP contribution in [0.2, 0.25) is 0 Å². The van der Waals surface area contributed by atoms with E-state index in [4.69, 9.17) is 0 Å². The third-order valence-corrected chi connectivity index (χ3v) is 2.39. The minimum atomic E-state index is -4.72. The summed E-state index contributed by atoms with van der Waals surface area (Å²) < 4.78 is 39.5. The lowest BCUT2D eigenvalue weighted by molar-refractivity contribution is -0.274. The van der Waals surface area contributed by atoms with Crippen LogP contribution in [0.1, 0.15) is 24.2 Å². The molecule has 0 unspecified atom stereocenters. The Labute approximate surface area is 103 Å². The number of nitrogens with zero attached hydrogens (tertiary/aromatic N) is 1. The summed E-state index contributed by atoms with van der Waals surface area (Å²) in [6.45, 7) is 4.78. The molecule has 0 aliphatic carbocycles. The highest BCUT2D eigenvalue weighted by Gasteiger charge is 2.31. The topological polar surface area (TPSA) is 29.5 Å². The van der Waals surface area contributed by atoms with Crippen molar-refractivity contribution in [1.82, 2.24) is 4.90 Å². The maximum absolute atomic E-state index is 11.9. The third-order valence-electron chi connectivity index (χ3n) is 2.39. The molecule has 0 spiro atoms. The number of alkyl halides is 3. The van der Waals surface area contributed by atoms with Gasteiger partial charge in [0, 0.05) is 18.7 Å². The summed E-state index contributed by atoms with van der Waals surface area (Å²) in [5, 5.41) is 0. The van der Waals surface area contributed by atoms with Gasteiger partial charge in [0.1, 0.15) is 5.75 Å². The van der Waals surface area contributed by atoms with E-state index in [0.29, 0.717) is 18.7 Å². The van der Waals surface area contributed by atoms with E-state index in [2.05, 4.69) is 4.74 Å². The van der Waals surface area contributed by atoms with Crippen molar-refractivity contribution in [3.8, 4) is 5.75 Å². The number of carbonyl (C=O) groups is 1. The molecule has 3 nitrogen and oxygen atoms in total. The van der Waals surface area contributed by atoms with Gasteiger partial charge in [-0.25, -0.2) is 0 Å². The normalized spacial score (nSPS) is 11.2. The van der Waals surface area contributed by atoms with Crippen LogP contribution >= 0.6 is 0 Å². The van der Waals surface area contributed by atoms with Crippen LogP contribution in [0.3, 0.4) is 0 Å². The van der Waals surface area contributed by atoms with E-state index in [1.807, 2.05) is 13.8 Å². The number of ether oxygens (including phenoxy) is 1. The Kier molecular flexibility index (Phi) is 4.58. The Morgan fingerprint density at radius 1 is 1.17 bits per heavy atom. The second-order valence-electron chi connectivity index (χ2n) is 3.55. The van der Waals surface area contributed by atoms with Gasteiger partial charge >= 0.3 is 6.36 Å². The first-order valence-electron chi connectivity index (χ1n) is 5.52. The number of halogens is 3. The average molecular weight is 261 g/mol. The Bertz CT molecular complexity index is 397. The van der Waals surface area contributed by atoms with Gasteiger partial charge in [-0.05, 0) is 38.1 Å². The molecule has 1 aromatic carbocycles. The molecule has 0 bridgehead atoms. The van der Waals surface area contributed by atoms with E-state index >= 15 is 0 Å². The molecular weight excluding hydrogens is 247 g/mol. The maximum atomic E-state index is 11.9. The SMILES string of the molecule is CCN(CC)C(=O)c1ccc(OC(F)(F)F)cc1. The van der Waals surface area contributed by atoms with Gasteiger partial charge in [-0.15, -0.1) is 13.2 Å². The maximum Gasteiger partial charge on any atom is 0.573 e. The van der Waals surface area contributed by atoms with E-state index in [1.54, 1.807) is 4.90 Å². The predicted octanol–water partition coefficient (Wildman–Crippen LogP) is 3.07. The zero-order valence-electron chi connectivity index (χ0n) is 10.1. The van der Waals surface area contributed by atoms with Gasteiger partial charge < -0.3 is 9.64 Å². The fraction of sp³-hybridized carbons (Fsp3) is 0.417. The molecule has 18 heavy (non-hydrogen) atoms. The van der Waals surface area contributed by atoms with Crippen molar-refractivity contribution in [2.75, 3.05) is 13.1 Å². The molecule has 0 atom stereocenters. The molecule has 0 saturated carbocycles. The summed E-state index contributed by atoms with van der Waals surface area (Å²) in [4.78, 5) is 13.4. The quantitative estimate of drug-likeness (QED) is 0.833. The van der Waals surface area contributed by atoms with E-state index in [-0.39, 0.29) is 11.7 Å². The number of amides is 1. The number of hydrogen-bond donors (Lipinski definition) is 0. The first kappa shape index (κ1) is 14.3. The third kappa shape index (κ3) is 3.94. The molecule has 0 fully saturated rings. The van der Waals surface area contributed by atoms with Crippen LogP contribution in [-0.4, -0.2) is 30.3 Å². The smallest absolute Gasteiger partial charge is 0.406 e. The van der Waals surface area contributed by atoms with Gasteiger partial charge in [0.15, 0.2) is 0 Å². The molecule has 0 aliphatic heterocycles. The van der Waals surface area contributed by atoms with Crippen molar-refractivity contribution < 1.29 is 22.7 Å². The molecule has 0 N–H and O–H groups in total. The average Bonchev–Trinajstić information content (AvgIpc) is 2.29. The summed E-state index contributed by atoms with van der Waals surface area (Å²) in [6, 6.07) is 4.90. The summed E-state index contributed by atoms with van der Waals surface area (Å²) in [5.41, 5.74) is 0.341. The Morgan fingerprint density at radius 2 is 1.67 bits per heavy atom. The van der Waals surface area contributed by atoms with Crippen LogP contribution in [-0.2, 0) is 0 Å². The fourth-order valence-corrected chi connectivity index (χ4v) is 1.49. The van der Waals surface area contributed by atoms with Crippen LogP contribution < -0.4 is 4.74 Å². The number of carbonyl (C=O) groups excluding carboxylic acids is 1. The highest BCUT2D eigenvalue weighted by Crippen LogP contribution is 2.23. The lowest BCUT2D eigenvalue weighted by Gasteiger charge is -2.18. The summed E-state index contributed by atoms with van der Waals surface area (Å²) in [6.07, 6.45) is -4.72.